The second-order valence-electron chi connectivity index (χ2n) is 5.09. The molecule has 0 radical (unpaired) electrons. The first kappa shape index (κ1) is 16.1. The molecule has 0 amide bonds. The third kappa shape index (κ3) is 3.16. The Kier molecular flexibility index (Phi) is 4.50. The summed E-state index contributed by atoms with van der Waals surface area (Å²) in [5.74, 6) is 0.313. The third-order valence-electron chi connectivity index (χ3n) is 3.34. The van der Waals surface area contributed by atoms with Gasteiger partial charge in [-0.15, -0.1) is 0 Å². The highest BCUT2D eigenvalue weighted by Crippen LogP contribution is 2.37. The lowest BCUT2D eigenvalue weighted by atomic mass is 10.2. The molecule has 0 fully saturated rings. The molecule has 3 aromatic rings. The molecule has 0 aliphatic rings. The van der Waals surface area contributed by atoms with Crippen LogP contribution in [0.25, 0.3) is 10.9 Å². The fourth-order valence-electron chi connectivity index (χ4n) is 2.36. The van der Waals surface area contributed by atoms with Gasteiger partial charge in [-0.05, 0) is 48.0 Å². The molecule has 2 aromatic heterocycles. The van der Waals surface area contributed by atoms with Gasteiger partial charge in [0.1, 0.15) is 5.52 Å². The van der Waals surface area contributed by atoms with Crippen LogP contribution in [-0.4, -0.2) is 27.3 Å². The van der Waals surface area contributed by atoms with E-state index in [0.717, 1.165) is 25.7 Å². The number of benzene rings is 1. The fraction of sp³-hybridized carbons (Fsp3) is 0.188. The van der Waals surface area contributed by atoms with E-state index in [-0.39, 0.29) is 12.5 Å². The van der Waals surface area contributed by atoms with E-state index in [1.54, 1.807) is 6.20 Å². The number of carbonyl (C=O) groups is 1. The molecule has 0 spiro atoms. The van der Waals surface area contributed by atoms with E-state index in [1.807, 2.05) is 38.1 Å². The second kappa shape index (κ2) is 6.41. The highest BCUT2D eigenvalue weighted by molar-refractivity contribution is 9.11. The number of carbonyl (C=O) groups excluding carboxylic acids is 1. The van der Waals surface area contributed by atoms with Crippen molar-refractivity contribution < 1.29 is 9.53 Å². The minimum absolute atomic E-state index is 0.117. The lowest BCUT2D eigenvalue weighted by molar-refractivity contribution is 0.0818. The number of fused-ring (bicyclic) bond motifs is 1. The molecule has 0 atom stereocenters. The number of hydrogen-bond acceptors (Lipinski definition) is 4. The van der Waals surface area contributed by atoms with Gasteiger partial charge in [0.05, 0.1) is 10.2 Å². The van der Waals surface area contributed by atoms with Gasteiger partial charge in [0.15, 0.2) is 12.4 Å². The van der Waals surface area contributed by atoms with Gasteiger partial charge < -0.3 is 4.74 Å². The van der Waals surface area contributed by atoms with Crippen molar-refractivity contribution in [2.45, 2.75) is 13.8 Å². The molecule has 0 aliphatic carbocycles. The monoisotopic (exact) mass is 437 g/mol. The Morgan fingerprint density at radius 1 is 1.26 bits per heavy atom. The smallest absolute Gasteiger partial charge is 0.284 e. The molecule has 0 aliphatic heterocycles. The van der Waals surface area contributed by atoms with Crippen molar-refractivity contribution in [3.8, 4) is 5.75 Å². The van der Waals surface area contributed by atoms with Gasteiger partial charge in [0.25, 0.3) is 5.91 Å². The molecule has 0 N–H and O–H groups in total. The van der Waals surface area contributed by atoms with E-state index >= 15 is 0 Å². The summed E-state index contributed by atoms with van der Waals surface area (Å²) < 4.78 is 8.74. The van der Waals surface area contributed by atoms with Crippen molar-refractivity contribution >= 4 is 48.7 Å². The van der Waals surface area contributed by atoms with Crippen molar-refractivity contribution in [3.05, 3.63) is 50.8 Å². The molecule has 3 rings (SSSR count). The largest absolute Gasteiger partial charge is 0.480 e. The summed E-state index contributed by atoms with van der Waals surface area (Å²) >= 11 is 6.97. The van der Waals surface area contributed by atoms with Crippen LogP contribution in [0.2, 0.25) is 0 Å². The maximum absolute atomic E-state index is 12.3. The van der Waals surface area contributed by atoms with Crippen molar-refractivity contribution in [2.24, 2.45) is 0 Å². The molecule has 0 unspecified atom stereocenters. The Morgan fingerprint density at radius 3 is 2.74 bits per heavy atom. The van der Waals surface area contributed by atoms with E-state index in [9.17, 15) is 4.79 Å². The normalized spacial score (nSPS) is 11.0. The molecule has 0 saturated carbocycles. The lowest BCUT2D eigenvalue weighted by Crippen LogP contribution is -2.21. The first-order valence-electron chi connectivity index (χ1n) is 6.89. The van der Waals surface area contributed by atoms with Gasteiger partial charge in [-0.3, -0.25) is 9.78 Å². The molecule has 0 bridgehead atoms. The van der Waals surface area contributed by atoms with Crippen LogP contribution < -0.4 is 4.74 Å². The van der Waals surface area contributed by atoms with E-state index in [0.29, 0.717) is 11.3 Å². The molecule has 7 heteroatoms. The summed E-state index contributed by atoms with van der Waals surface area (Å²) in [6.07, 6.45) is 1.69. The summed E-state index contributed by atoms with van der Waals surface area (Å²) in [6, 6.07) is 7.53. The molecule has 0 saturated heterocycles. The summed E-state index contributed by atoms with van der Waals surface area (Å²) in [6.45, 7) is 3.57. The van der Waals surface area contributed by atoms with Crippen molar-refractivity contribution in [1.29, 1.82) is 0 Å². The highest BCUT2D eigenvalue weighted by atomic mass is 79.9. The lowest BCUT2D eigenvalue weighted by Gasteiger charge is -2.12. The van der Waals surface area contributed by atoms with Gasteiger partial charge in [-0.1, -0.05) is 22.0 Å². The Bertz CT molecular complexity index is 906. The van der Waals surface area contributed by atoms with Gasteiger partial charge >= 0.3 is 0 Å². The number of aromatic nitrogens is 3. The Labute approximate surface area is 149 Å². The predicted molar refractivity (Wildman–Crippen MR) is 95.0 cm³/mol. The Balaban J connectivity index is 1.90. The molecule has 1 aromatic carbocycles. The standard InChI is InChI=1S/C16H13Br2N3O2/c1-9-6-10(2)21(20-9)14(22)8-23-16-13(18)7-12(17)11-4-3-5-19-15(11)16/h3-7H,8H2,1-2H3. The van der Waals surface area contributed by atoms with Crippen LogP contribution >= 0.6 is 31.9 Å². The highest BCUT2D eigenvalue weighted by Gasteiger charge is 2.15. The third-order valence-corrected chi connectivity index (χ3v) is 4.58. The minimum Gasteiger partial charge on any atom is -0.480 e. The molecular formula is C16H13Br2N3O2. The molecule has 118 valence electrons. The first-order chi connectivity index (χ1) is 11.0. The topological polar surface area (TPSA) is 57.0 Å². The quantitative estimate of drug-likeness (QED) is 0.611. The second-order valence-corrected chi connectivity index (χ2v) is 6.80. The zero-order chi connectivity index (χ0) is 16.6. The number of rotatable bonds is 3. The van der Waals surface area contributed by atoms with Crippen molar-refractivity contribution in [1.82, 2.24) is 14.8 Å². The number of halogens is 2. The molecule has 23 heavy (non-hydrogen) atoms. The number of hydrogen-bond donors (Lipinski definition) is 0. The first-order valence-corrected chi connectivity index (χ1v) is 8.48. The maximum atomic E-state index is 12.3. The van der Waals surface area contributed by atoms with Crippen molar-refractivity contribution in [2.75, 3.05) is 6.61 Å². The fourth-order valence-corrected chi connectivity index (χ4v) is 3.75. The Morgan fingerprint density at radius 2 is 2.04 bits per heavy atom. The Hall–Kier alpha value is -1.73. The van der Waals surface area contributed by atoms with Crippen LogP contribution in [0.5, 0.6) is 5.75 Å². The number of ether oxygens (including phenoxy) is 1. The maximum Gasteiger partial charge on any atom is 0.284 e. The van der Waals surface area contributed by atoms with E-state index in [4.69, 9.17) is 4.74 Å². The predicted octanol–water partition coefficient (Wildman–Crippen LogP) is 4.29. The van der Waals surface area contributed by atoms with Crippen LogP contribution in [0.4, 0.5) is 0 Å². The molecular weight excluding hydrogens is 426 g/mol. The number of nitrogens with zero attached hydrogens (tertiary/aromatic N) is 3. The molecule has 5 nitrogen and oxygen atoms in total. The van der Waals surface area contributed by atoms with Crippen LogP contribution in [0.15, 0.2) is 39.4 Å². The minimum atomic E-state index is -0.227. The van der Waals surface area contributed by atoms with Gasteiger partial charge in [-0.2, -0.15) is 5.10 Å². The average molecular weight is 439 g/mol. The van der Waals surface area contributed by atoms with Crippen LogP contribution in [0, 0.1) is 13.8 Å². The van der Waals surface area contributed by atoms with E-state index in [2.05, 4.69) is 41.9 Å². The van der Waals surface area contributed by atoms with E-state index in [1.165, 1.54) is 4.68 Å². The zero-order valence-electron chi connectivity index (χ0n) is 12.5. The van der Waals surface area contributed by atoms with Crippen LogP contribution in [0.3, 0.4) is 0 Å². The zero-order valence-corrected chi connectivity index (χ0v) is 15.7. The van der Waals surface area contributed by atoms with E-state index < -0.39 is 0 Å². The van der Waals surface area contributed by atoms with Crippen LogP contribution in [-0.2, 0) is 0 Å². The SMILES string of the molecule is Cc1cc(C)n(C(=O)COc2c(Br)cc(Br)c3cccnc23)n1. The summed E-state index contributed by atoms with van der Waals surface area (Å²) in [4.78, 5) is 16.7. The summed E-state index contributed by atoms with van der Waals surface area (Å²) in [7, 11) is 0. The summed E-state index contributed by atoms with van der Waals surface area (Å²) in [5, 5.41) is 5.09. The number of pyridine rings is 1. The van der Waals surface area contributed by atoms with Gasteiger partial charge in [-0.25, -0.2) is 4.68 Å². The van der Waals surface area contributed by atoms with Gasteiger partial charge in [0.2, 0.25) is 0 Å². The number of aryl methyl sites for hydroxylation is 2. The summed E-state index contributed by atoms with van der Waals surface area (Å²) in [5.41, 5.74) is 2.27. The van der Waals surface area contributed by atoms with Gasteiger partial charge in [0, 0.05) is 21.7 Å². The average Bonchev–Trinajstić information content (AvgIpc) is 2.85. The van der Waals surface area contributed by atoms with Crippen molar-refractivity contribution in [3.63, 3.8) is 0 Å². The molecule has 2 heterocycles. The van der Waals surface area contributed by atoms with Crippen LogP contribution in [0.1, 0.15) is 16.2 Å².